The van der Waals surface area contributed by atoms with Crippen molar-refractivity contribution in [1.29, 1.82) is 0 Å². The van der Waals surface area contributed by atoms with Gasteiger partial charge in [0.1, 0.15) is 17.3 Å². The van der Waals surface area contributed by atoms with Crippen LogP contribution in [0.25, 0.3) is 0 Å². The van der Waals surface area contributed by atoms with Crippen LogP contribution in [0.3, 0.4) is 0 Å². The van der Waals surface area contributed by atoms with Gasteiger partial charge in [0.25, 0.3) is 6.43 Å². The number of amides is 1. The summed E-state index contributed by atoms with van der Waals surface area (Å²) in [5.74, 6) is -1.94. The van der Waals surface area contributed by atoms with E-state index in [4.69, 9.17) is 5.73 Å². The largest absolute Gasteiger partial charge is 0.386 e. The molecule has 0 bridgehead atoms. The number of carbonyl (C=O) groups excluding carboxylic acids is 2. The van der Waals surface area contributed by atoms with Crippen molar-refractivity contribution in [2.24, 2.45) is 10.7 Å². The van der Waals surface area contributed by atoms with Gasteiger partial charge < -0.3 is 10.6 Å². The van der Waals surface area contributed by atoms with Gasteiger partial charge in [-0.3, -0.25) is 19.6 Å². The van der Waals surface area contributed by atoms with Gasteiger partial charge in [-0.1, -0.05) is 6.07 Å². The van der Waals surface area contributed by atoms with Crippen LogP contribution in [0.1, 0.15) is 34.1 Å². The molecule has 0 saturated carbocycles. The molecule has 3 rings (SSSR count). The predicted molar refractivity (Wildman–Crippen MR) is 113 cm³/mol. The quantitative estimate of drug-likeness (QED) is 0.642. The molecule has 1 aromatic heterocycles. The van der Waals surface area contributed by atoms with E-state index in [0.29, 0.717) is 15.6 Å². The molecule has 1 amide bonds. The number of nitrogens with two attached hydrogens (primary N) is 1. The third-order valence-corrected chi connectivity index (χ3v) is 5.54. The van der Waals surface area contributed by atoms with Gasteiger partial charge in [-0.25, -0.2) is 13.2 Å². The monoisotopic (exact) mass is 496 g/mol. The number of pyridine rings is 1. The predicted octanol–water partition coefficient (Wildman–Crippen LogP) is 3.40. The van der Waals surface area contributed by atoms with Crippen molar-refractivity contribution in [3.8, 4) is 0 Å². The fraction of sp³-hybridized carbons (Fsp3) is 0.333. The molecule has 1 unspecified atom stereocenters. The summed E-state index contributed by atoms with van der Waals surface area (Å²) in [7, 11) is 0. The number of aliphatic imine (C=N–C) groups is 1. The van der Waals surface area contributed by atoms with Crippen LogP contribution in [0.2, 0.25) is 0 Å². The Morgan fingerprint density at radius 1 is 1.32 bits per heavy atom. The van der Waals surface area contributed by atoms with Crippen LogP contribution < -0.4 is 5.73 Å². The highest BCUT2D eigenvalue weighted by molar-refractivity contribution is 9.10. The highest BCUT2D eigenvalue weighted by Gasteiger charge is 2.48. The molecule has 1 aliphatic heterocycles. The first-order chi connectivity index (χ1) is 14.5. The van der Waals surface area contributed by atoms with Crippen molar-refractivity contribution in [1.82, 2.24) is 9.88 Å². The summed E-state index contributed by atoms with van der Waals surface area (Å²) in [5.41, 5.74) is 4.15. The number of ketones is 1. The summed E-state index contributed by atoms with van der Waals surface area (Å²) >= 11 is 3.28. The number of aryl methyl sites for hydroxylation is 1. The van der Waals surface area contributed by atoms with Gasteiger partial charge in [0, 0.05) is 29.6 Å². The topological polar surface area (TPSA) is 88.6 Å². The Hall–Kier alpha value is -2.75. The van der Waals surface area contributed by atoms with Gasteiger partial charge in [-0.15, -0.1) is 0 Å². The minimum atomic E-state index is -3.14. The van der Waals surface area contributed by atoms with E-state index in [-0.39, 0.29) is 30.3 Å². The maximum atomic E-state index is 14.7. The molecule has 0 saturated heterocycles. The zero-order valence-electron chi connectivity index (χ0n) is 16.8. The van der Waals surface area contributed by atoms with Crippen molar-refractivity contribution in [2.75, 3.05) is 13.1 Å². The van der Waals surface area contributed by atoms with Gasteiger partial charge in [0.2, 0.25) is 5.91 Å². The Balaban J connectivity index is 2.02. The van der Waals surface area contributed by atoms with E-state index in [1.54, 1.807) is 13.0 Å². The summed E-state index contributed by atoms with van der Waals surface area (Å²) in [5, 5.41) is 0. The summed E-state index contributed by atoms with van der Waals surface area (Å²) in [6.07, 6.45) is -1.82. The summed E-state index contributed by atoms with van der Waals surface area (Å²) < 4.78 is 44.0. The zero-order chi connectivity index (χ0) is 22.9. The molecule has 6 nitrogen and oxygen atoms in total. The van der Waals surface area contributed by atoms with E-state index in [1.807, 2.05) is 0 Å². The van der Waals surface area contributed by atoms with Crippen LogP contribution in [0.5, 0.6) is 0 Å². The van der Waals surface area contributed by atoms with Gasteiger partial charge >= 0.3 is 0 Å². The van der Waals surface area contributed by atoms with Gasteiger partial charge in [-0.2, -0.15) is 0 Å². The number of nitrogens with zero attached hydrogens (tertiary/aromatic N) is 3. The number of benzene rings is 1. The fourth-order valence-electron chi connectivity index (χ4n) is 3.59. The van der Waals surface area contributed by atoms with Crippen LogP contribution in [-0.4, -0.2) is 46.9 Å². The Morgan fingerprint density at radius 3 is 2.65 bits per heavy atom. The van der Waals surface area contributed by atoms with Gasteiger partial charge in [-0.05, 0) is 52.2 Å². The summed E-state index contributed by atoms with van der Waals surface area (Å²) in [6.45, 7) is 2.30. The lowest BCUT2D eigenvalue weighted by Crippen LogP contribution is -2.54. The number of Topliss-reactive ketones (excluding diaryl/α,β-unsaturated/α-hetero) is 1. The van der Waals surface area contributed by atoms with E-state index in [2.05, 4.69) is 25.9 Å². The first-order valence-corrected chi connectivity index (χ1v) is 10.1. The average Bonchev–Trinajstić information content (AvgIpc) is 2.68. The summed E-state index contributed by atoms with van der Waals surface area (Å²) in [6, 6.07) is 5.29. The van der Waals surface area contributed by atoms with Gasteiger partial charge in [0.05, 0.1) is 13.1 Å². The molecule has 1 aliphatic rings. The van der Waals surface area contributed by atoms with Crippen LogP contribution in [0.15, 0.2) is 39.9 Å². The molecule has 1 aromatic carbocycles. The fourth-order valence-corrected chi connectivity index (χ4v) is 4.03. The number of halogens is 4. The Labute approximate surface area is 185 Å². The lowest BCUT2D eigenvalue weighted by Gasteiger charge is -2.39. The molecular weight excluding hydrogens is 477 g/mol. The molecular formula is C21H20BrF3N4O2. The molecule has 2 heterocycles. The van der Waals surface area contributed by atoms with Crippen molar-refractivity contribution in [2.45, 2.75) is 32.2 Å². The molecule has 1 atom stereocenters. The Bertz CT molecular complexity index is 1080. The number of amidine groups is 1. The molecule has 31 heavy (non-hydrogen) atoms. The molecule has 0 aliphatic carbocycles. The number of carbonyl (C=O) groups is 2. The lowest BCUT2D eigenvalue weighted by molar-refractivity contribution is -0.130. The third-order valence-electron chi connectivity index (χ3n) is 5.11. The zero-order valence-corrected chi connectivity index (χ0v) is 18.4. The van der Waals surface area contributed by atoms with E-state index in [0.717, 1.165) is 11.0 Å². The molecule has 0 fully saturated rings. The minimum Gasteiger partial charge on any atom is -0.386 e. The highest BCUT2D eigenvalue weighted by Crippen LogP contribution is 2.38. The first kappa shape index (κ1) is 22.9. The Morgan fingerprint density at radius 2 is 2.03 bits per heavy atom. The second-order valence-corrected chi connectivity index (χ2v) is 8.35. The highest BCUT2D eigenvalue weighted by atomic mass is 79.9. The van der Waals surface area contributed by atoms with Crippen molar-refractivity contribution in [3.63, 3.8) is 0 Å². The normalized spacial score (nSPS) is 18.8. The minimum absolute atomic E-state index is 0.113. The molecule has 10 heteroatoms. The lowest BCUT2D eigenvalue weighted by atomic mass is 9.86. The van der Waals surface area contributed by atoms with Crippen molar-refractivity contribution < 1.29 is 22.8 Å². The maximum absolute atomic E-state index is 14.7. The van der Waals surface area contributed by atoms with Crippen LogP contribution in [0, 0.1) is 12.7 Å². The standard InChI is InChI=1S/C21H20BrF3N4O2/c1-11-5-14(22)8-27-19(11)17(31)7-13-3-4-16(23)15(6-13)21(20(24)25)10-29(12(2)30)9-18(26)28-21/h3-6,8,20H,7,9-10H2,1-2H3,(H2,26,28). The maximum Gasteiger partial charge on any atom is 0.269 e. The van der Waals surface area contributed by atoms with Crippen molar-refractivity contribution in [3.05, 3.63) is 63.1 Å². The Kier molecular flexibility index (Phi) is 6.49. The van der Waals surface area contributed by atoms with E-state index in [1.165, 1.54) is 25.3 Å². The van der Waals surface area contributed by atoms with Crippen LogP contribution in [-0.2, 0) is 16.8 Å². The van der Waals surface area contributed by atoms with Crippen molar-refractivity contribution >= 4 is 33.5 Å². The second-order valence-electron chi connectivity index (χ2n) is 7.44. The van der Waals surface area contributed by atoms with Gasteiger partial charge in [0.15, 0.2) is 11.3 Å². The van der Waals surface area contributed by atoms with E-state index in [9.17, 15) is 22.8 Å². The molecule has 2 N–H and O–H groups in total. The van der Waals surface area contributed by atoms with E-state index >= 15 is 0 Å². The first-order valence-electron chi connectivity index (χ1n) is 9.35. The molecule has 164 valence electrons. The molecule has 0 spiro atoms. The molecule has 2 aromatic rings. The number of alkyl halides is 2. The number of hydrogen-bond donors (Lipinski definition) is 1. The average molecular weight is 497 g/mol. The smallest absolute Gasteiger partial charge is 0.269 e. The van der Waals surface area contributed by atoms with E-state index < -0.39 is 35.8 Å². The number of hydrogen-bond acceptors (Lipinski definition) is 5. The van der Waals surface area contributed by atoms with Crippen LogP contribution >= 0.6 is 15.9 Å². The van der Waals surface area contributed by atoms with Crippen LogP contribution in [0.4, 0.5) is 13.2 Å². The number of aromatic nitrogens is 1. The molecule has 0 radical (unpaired) electrons. The SMILES string of the molecule is CC(=O)N1CC(N)=NC(c2cc(CC(=O)c3ncc(Br)cc3C)ccc2F)(C(F)F)C1. The second kappa shape index (κ2) is 8.78. The third kappa shape index (κ3) is 4.63. The number of rotatable bonds is 5. The summed E-state index contributed by atoms with van der Waals surface area (Å²) in [4.78, 5) is 33.6.